The SMILES string of the molecule is Cc1noc(CC(=O)Nc2ccccc2C(N)=O)n1. The third kappa shape index (κ3) is 3.15. The summed E-state index contributed by atoms with van der Waals surface area (Å²) in [4.78, 5) is 26.9. The first-order valence-electron chi connectivity index (χ1n) is 5.54. The van der Waals surface area contributed by atoms with Crippen LogP contribution in [0.4, 0.5) is 5.69 Å². The van der Waals surface area contributed by atoms with Crippen LogP contribution < -0.4 is 11.1 Å². The van der Waals surface area contributed by atoms with Crippen LogP contribution in [-0.2, 0) is 11.2 Å². The number of carbonyl (C=O) groups is 2. The van der Waals surface area contributed by atoms with Gasteiger partial charge in [0.15, 0.2) is 5.82 Å². The number of rotatable bonds is 4. The second-order valence-electron chi connectivity index (χ2n) is 3.87. The Bertz CT molecular complexity index is 621. The van der Waals surface area contributed by atoms with Gasteiger partial charge in [0.05, 0.1) is 11.3 Å². The van der Waals surface area contributed by atoms with Crippen molar-refractivity contribution in [1.29, 1.82) is 0 Å². The summed E-state index contributed by atoms with van der Waals surface area (Å²) in [6.45, 7) is 1.66. The summed E-state index contributed by atoms with van der Waals surface area (Å²) in [6, 6.07) is 6.49. The van der Waals surface area contributed by atoms with Crippen molar-refractivity contribution in [2.75, 3.05) is 5.32 Å². The Kier molecular flexibility index (Phi) is 3.56. The smallest absolute Gasteiger partial charge is 0.250 e. The number of para-hydroxylation sites is 1. The van der Waals surface area contributed by atoms with Gasteiger partial charge in [-0.2, -0.15) is 4.98 Å². The molecule has 1 aromatic heterocycles. The Balaban J connectivity index is 2.09. The number of aryl methyl sites for hydroxylation is 1. The summed E-state index contributed by atoms with van der Waals surface area (Å²) in [7, 11) is 0. The molecule has 1 heterocycles. The van der Waals surface area contributed by atoms with E-state index in [1.54, 1.807) is 25.1 Å². The molecule has 0 radical (unpaired) electrons. The zero-order valence-electron chi connectivity index (χ0n) is 10.2. The number of amides is 2. The molecule has 1 aromatic carbocycles. The van der Waals surface area contributed by atoms with Gasteiger partial charge in [-0.05, 0) is 19.1 Å². The van der Waals surface area contributed by atoms with Crippen molar-refractivity contribution in [3.05, 3.63) is 41.5 Å². The molecule has 0 saturated heterocycles. The number of carbonyl (C=O) groups excluding carboxylic acids is 2. The maximum Gasteiger partial charge on any atom is 0.250 e. The van der Waals surface area contributed by atoms with Crippen molar-refractivity contribution in [2.45, 2.75) is 13.3 Å². The van der Waals surface area contributed by atoms with Crippen LogP contribution in [-0.4, -0.2) is 22.0 Å². The zero-order valence-corrected chi connectivity index (χ0v) is 10.2. The van der Waals surface area contributed by atoms with Crippen molar-refractivity contribution in [3.8, 4) is 0 Å². The standard InChI is InChI=1S/C12H12N4O3/c1-7-14-11(19-16-7)6-10(17)15-9-5-3-2-4-8(9)12(13)18/h2-5H,6H2,1H3,(H2,13,18)(H,15,17). The van der Waals surface area contributed by atoms with Crippen molar-refractivity contribution < 1.29 is 14.1 Å². The predicted molar refractivity (Wildman–Crippen MR) is 66.3 cm³/mol. The number of nitrogens with two attached hydrogens (primary N) is 1. The van der Waals surface area contributed by atoms with Crippen LogP contribution in [0.1, 0.15) is 22.1 Å². The zero-order chi connectivity index (χ0) is 13.8. The summed E-state index contributed by atoms with van der Waals surface area (Å²) in [5.74, 6) is -0.297. The molecule has 2 aromatic rings. The largest absolute Gasteiger partial charge is 0.366 e. The Labute approximate surface area is 108 Å². The number of aromatic nitrogens is 2. The summed E-state index contributed by atoms with van der Waals surface area (Å²) >= 11 is 0. The van der Waals surface area contributed by atoms with Crippen LogP contribution in [0.25, 0.3) is 0 Å². The molecule has 0 aliphatic heterocycles. The van der Waals surface area contributed by atoms with Crippen LogP contribution in [0.2, 0.25) is 0 Å². The number of hydrogen-bond donors (Lipinski definition) is 2. The maximum absolute atomic E-state index is 11.8. The Morgan fingerprint density at radius 3 is 2.74 bits per heavy atom. The first-order chi connectivity index (χ1) is 9.06. The number of hydrogen-bond acceptors (Lipinski definition) is 5. The highest BCUT2D eigenvalue weighted by Crippen LogP contribution is 2.14. The Hall–Kier alpha value is -2.70. The predicted octanol–water partition coefficient (Wildman–Crippen LogP) is 0.658. The molecule has 7 heteroatoms. The molecule has 2 amide bonds. The number of benzene rings is 1. The van der Waals surface area contributed by atoms with Gasteiger partial charge >= 0.3 is 0 Å². The van der Waals surface area contributed by atoms with Crippen LogP contribution in [0.3, 0.4) is 0 Å². The van der Waals surface area contributed by atoms with Crippen LogP contribution in [0.15, 0.2) is 28.8 Å². The molecule has 98 valence electrons. The minimum Gasteiger partial charge on any atom is -0.366 e. The quantitative estimate of drug-likeness (QED) is 0.838. The van der Waals surface area contributed by atoms with Crippen molar-refractivity contribution in [3.63, 3.8) is 0 Å². The van der Waals surface area contributed by atoms with E-state index < -0.39 is 5.91 Å². The fourth-order valence-electron chi connectivity index (χ4n) is 1.55. The molecular formula is C12H12N4O3. The van der Waals surface area contributed by atoms with Crippen molar-refractivity contribution in [1.82, 2.24) is 10.1 Å². The normalized spacial score (nSPS) is 10.2. The highest BCUT2D eigenvalue weighted by atomic mass is 16.5. The Morgan fingerprint density at radius 1 is 1.37 bits per heavy atom. The van der Waals surface area contributed by atoms with Gasteiger partial charge in [0.2, 0.25) is 11.8 Å². The highest BCUT2D eigenvalue weighted by molar-refractivity contribution is 6.03. The summed E-state index contributed by atoms with van der Waals surface area (Å²) in [5, 5.41) is 6.16. The molecule has 0 fully saturated rings. The fourth-order valence-corrected chi connectivity index (χ4v) is 1.55. The van der Waals surface area contributed by atoms with Gasteiger partial charge in [-0.3, -0.25) is 9.59 Å². The molecule has 0 atom stereocenters. The molecule has 0 saturated carbocycles. The van der Waals surface area contributed by atoms with Gasteiger partial charge in [-0.25, -0.2) is 0 Å². The third-order valence-electron chi connectivity index (χ3n) is 2.35. The lowest BCUT2D eigenvalue weighted by molar-refractivity contribution is -0.115. The molecule has 7 nitrogen and oxygen atoms in total. The Morgan fingerprint density at radius 2 is 2.11 bits per heavy atom. The second kappa shape index (κ2) is 5.30. The molecule has 0 aliphatic rings. The lowest BCUT2D eigenvalue weighted by atomic mass is 10.1. The van der Waals surface area contributed by atoms with E-state index in [0.29, 0.717) is 11.5 Å². The van der Waals surface area contributed by atoms with Crippen LogP contribution >= 0.6 is 0 Å². The molecule has 3 N–H and O–H groups in total. The lowest BCUT2D eigenvalue weighted by Gasteiger charge is -2.07. The monoisotopic (exact) mass is 260 g/mol. The average Bonchev–Trinajstić information content (AvgIpc) is 2.75. The fraction of sp³-hybridized carbons (Fsp3) is 0.167. The minimum absolute atomic E-state index is 0.0616. The first kappa shape index (κ1) is 12.7. The van der Waals surface area contributed by atoms with Gasteiger partial charge in [-0.1, -0.05) is 17.3 Å². The van der Waals surface area contributed by atoms with E-state index in [4.69, 9.17) is 10.3 Å². The molecule has 0 unspecified atom stereocenters. The number of anilines is 1. The summed E-state index contributed by atoms with van der Waals surface area (Å²) < 4.78 is 4.84. The maximum atomic E-state index is 11.8. The molecular weight excluding hydrogens is 248 g/mol. The van der Waals surface area contributed by atoms with Crippen LogP contribution in [0.5, 0.6) is 0 Å². The molecule has 0 spiro atoms. The van der Waals surface area contributed by atoms with Crippen molar-refractivity contribution in [2.24, 2.45) is 5.73 Å². The van der Waals surface area contributed by atoms with E-state index in [1.165, 1.54) is 6.07 Å². The summed E-state index contributed by atoms with van der Waals surface area (Å²) in [5.41, 5.74) is 5.82. The number of nitrogens with zero attached hydrogens (tertiary/aromatic N) is 2. The second-order valence-corrected chi connectivity index (χ2v) is 3.87. The number of primary amides is 1. The first-order valence-corrected chi connectivity index (χ1v) is 5.54. The molecule has 2 rings (SSSR count). The van der Waals surface area contributed by atoms with Gasteiger partial charge in [0.1, 0.15) is 6.42 Å². The van der Waals surface area contributed by atoms with E-state index in [1.807, 2.05) is 0 Å². The van der Waals surface area contributed by atoms with E-state index in [0.717, 1.165) is 0 Å². The minimum atomic E-state index is -0.607. The molecule has 19 heavy (non-hydrogen) atoms. The average molecular weight is 260 g/mol. The number of nitrogens with one attached hydrogen (secondary N) is 1. The topological polar surface area (TPSA) is 111 Å². The van der Waals surface area contributed by atoms with Crippen LogP contribution in [0, 0.1) is 6.92 Å². The van der Waals surface area contributed by atoms with Gasteiger partial charge < -0.3 is 15.6 Å². The molecule has 0 bridgehead atoms. The lowest BCUT2D eigenvalue weighted by Crippen LogP contribution is -2.19. The summed E-state index contributed by atoms with van der Waals surface area (Å²) in [6.07, 6.45) is -0.0616. The van der Waals surface area contributed by atoms with E-state index >= 15 is 0 Å². The molecule has 0 aliphatic carbocycles. The third-order valence-corrected chi connectivity index (χ3v) is 2.35. The van der Waals surface area contributed by atoms with Crippen molar-refractivity contribution >= 4 is 17.5 Å². The van der Waals surface area contributed by atoms with E-state index in [2.05, 4.69) is 15.5 Å². The van der Waals surface area contributed by atoms with E-state index in [9.17, 15) is 9.59 Å². The van der Waals surface area contributed by atoms with E-state index in [-0.39, 0.29) is 23.8 Å². The highest BCUT2D eigenvalue weighted by Gasteiger charge is 2.13. The van der Waals surface area contributed by atoms with Gasteiger partial charge in [0.25, 0.3) is 5.91 Å². The van der Waals surface area contributed by atoms with Gasteiger partial charge in [-0.15, -0.1) is 0 Å². The van der Waals surface area contributed by atoms with Gasteiger partial charge in [0, 0.05) is 0 Å².